The summed E-state index contributed by atoms with van der Waals surface area (Å²) in [5.41, 5.74) is 6.95. The van der Waals surface area contributed by atoms with Gasteiger partial charge in [0, 0.05) is 5.56 Å². The zero-order chi connectivity index (χ0) is 16.2. The zero-order valence-corrected chi connectivity index (χ0v) is 12.9. The minimum atomic E-state index is -0.280. The van der Waals surface area contributed by atoms with E-state index in [1.807, 2.05) is 44.2 Å². The molecule has 3 aromatic rings. The van der Waals surface area contributed by atoms with E-state index in [0.717, 1.165) is 22.5 Å². The van der Waals surface area contributed by atoms with E-state index in [4.69, 9.17) is 4.52 Å². The average molecular weight is 309 g/mol. The van der Waals surface area contributed by atoms with Gasteiger partial charge in [-0.25, -0.2) is 4.39 Å². The van der Waals surface area contributed by atoms with Crippen LogP contribution in [0.5, 0.6) is 0 Å². The highest BCUT2D eigenvalue weighted by Crippen LogP contribution is 2.25. The fraction of sp³-hybridized carbons (Fsp3) is 0.111. The predicted molar refractivity (Wildman–Crippen MR) is 88.9 cm³/mol. The Hall–Kier alpha value is -2.95. The van der Waals surface area contributed by atoms with Crippen LogP contribution in [0.25, 0.3) is 11.3 Å². The molecule has 0 aliphatic rings. The van der Waals surface area contributed by atoms with E-state index in [0.29, 0.717) is 11.4 Å². The van der Waals surface area contributed by atoms with Crippen molar-refractivity contribution in [2.24, 2.45) is 5.10 Å². The second-order valence-electron chi connectivity index (χ2n) is 5.14. The lowest BCUT2D eigenvalue weighted by Crippen LogP contribution is -2.02. The summed E-state index contributed by atoms with van der Waals surface area (Å²) < 4.78 is 18.2. The van der Waals surface area contributed by atoms with Gasteiger partial charge >= 0.3 is 0 Å². The third-order valence-corrected chi connectivity index (χ3v) is 3.47. The summed E-state index contributed by atoms with van der Waals surface area (Å²) >= 11 is 0. The van der Waals surface area contributed by atoms with Gasteiger partial charge in [-0.05, 0) is 38.1 Å². The molecule has 0 saturated carbocycles. The Morgan fingerprint density at radius 2 is 1.78 bits per heavy atom. The number of hydrazone groups is 1. The number of halogens is 1. The largest absolute Gasteiger partial charge is 0.360 e. The van der Waals surface area contributed by atoms with E-state index in [1.165, 1.54) is 12.1 Å². The van der Waals surface area contributed by atoms with Gasteiger partial charge in [-0.15, -0.1) is 0 Å². The standard InChI is InChI=1S/C18H16FN3O/c1-12(20-21-16-10-8-15(19)9-11-16)17-13(2)23-22-18(17)14-6-4-3-5-7-14/h3-11,21H,1-2H3. The smallest absolute Gasteiger partial charge is 0.143 e. The molecule has 116 valence electrons. The second-order valence-corrected chi connectivity index (χ2v) is 5.14. The summed E-state index contributed by atoms with van der Waals surface area (Å²) in [6.45, 7) is 3.73. The number of nitrogens with zero attached hydrogens (tertiary/aromatic N) is 2. The molecule has 0 unspecified atom stereocenters. The summed E-state index contributed by atoms with van der Waals surface area (Å²) in [6.07, 6.45) is 0. The molecule has 1 heterocycles. The van der Waals surface area contributed by atoms with Crippen LogP contribution in [0.2, 0.25) is 0 Å². The number of nitrogens with one attached hydrogen (secondary N) is 1. The maximum atomic E-state index is 12.9. The molecule has 0 bridgehead atoms. The molecule has 2 aromatic carbocycles. The van der Waals surface area contributed by atoms with Crippen molar-refractivity contribution in [2.75, 3.05) is 5.43 Å². The van der Waals surface area contributed by atoms with Crippen molar-refractivity contribution < 1.29 is 8.91 Å². The normalized spacial score (nSPS) is 11.5. The van der Waals surface area contributed by atoms with Crippen LogP contribution in [-0.4, -0.2) is 10.9 Å². The summed E-state index contributed by atoms with van der Waals surface area (Å²) in [5, 5.41) is 8.50. The monoisotopic (exact) mass is 309 g/mol. The number of rotatable bonds is 4. The summed E-state index contributed by atoms with van der Waals surface area (Å²) in [7, 11) is 0. The van der Waals surface area contributed by atoms with Gasteiger partial charge in [0.25, 0.3) is 0 Å². The van der Waals surface area contributed by atoms with Crippen LogP contribution in [0.1, 0.15) is 18.2 Å². The minimum absolute atomic E-state index is 0.280. The van der Waals surface area contributed by atoms with Gasteiger partial charge in [0.1, 0.15) is 17.3 Å². The Labute approximate surface area is 133 Å². The first kappa shape index (κ1) is 15.0. The molecular weight excluding hydrogens is 293 g/mol. The molecule has 5 heteroatoms. The van der Waals surface area contributed by atoms with Crippen molar-refractivity contribution in [3.05, 3.63) is 71.7 Å². The number of benzene rings is 2. The average Bonchev–Trinajstić information content (AvgIpc) is 2.96. The van der Waals surface area contributed by atoms with Crippen LogP contribution in [0, 0.1) is 12.7 Å². The first-order valence-corrected chi connectivity index (χ1v) is 7.23. The van der Waals surface area contributed by atoms with Crippen LogP contribution < -0.4 is 5.43 Å². The maximum Gasteiger partial charge on any atom is 0.143 e. The summed E-state index contributed by atoms with van der Waals surface area (Å²) in [4.78, 5) is 0. The fourth-order valence-electron chi connectivity index (χ4n) is 2.32. The topological polar surface area (TPSA) is 50.4 Å². The van der Waals surface area contributed by atoms with Gasteiger partial charge in [0.15, 0.2) is 0 Å². The Balaban J connectivity index is 1.90. The SMILES string of the molecule is CC(=NNc1ccc(F)cc1)c1c(-c2ccccc2)noc1C. The summed E-state index contributed by atoms with van der Waals surface area (Å²) in [5.74, 6) is 0.420. The second kappa shape index (κ2) is 6.44. The van der Waals surface area contributed by atoms with Crippen molar-refractivity contribution in [3.8, 4) is 11.3 Å². The number of hydrogen-bond acceptors (Lipinski definition) is 4. The van der Waals surface area contributed by atoms with Crippen LogP contribution in [0.3, 0.4) is 0 Å². The van der Waals surface area contributed by atoms with Gasteiger partial charge in [-0.1, -0.05) is 35.5 Å². The van der Waals surface area contributed by atoms with Gasteiger partial charge in [0.2, 0.25) is 0 Å². The van der Waals surface area contributed by atoms with Crippen LogP contribution >= 0.6 is 0 Å². The highest BCUT2D eigenvalue weighted by Gasteiger charge is 2.17. The number of anilines is 1. The lowest BCUT2D eigenvalue weighted by Gasteiger charge is -2.04. The van der Waals surface area contributed by atoms with E-state index < -0.39 is 0 Å². The number of hydrogen-bond donors (Lipinski definition) is 1. The molecule has 23 heavy (non-hydrogen) atoms. The van der Waals surface area contributed by atoms with E-state index in [2.05, 4.69) is 15.7 Å². The van der Waals surface area contributed by atoms with E-state index in [1.54, 1.807) is 12.1 Å². The zero-order valence-electron chi connectivity index (χ0n) is 12.9. The van der Waals surface area contributed by atoms with Crippen LogP contribution in [0.15, 0.2) is 64.2 Å². The molecule has 0 fully saturated rings. The molecular formula is C18H16FN3O. The third-order valence-electron chi connectivity index (χ3n) is 3.47. The van der Waals surface area contributed by atoms with Gasteiger partial charge < -0.3 is 4.52 Å². The third kappa shape index (κ3) is 3.29. The lowest BCUT2D eigenvalue weighted by atomic mass is 10.0. The molecule has 0 atom stereocenters. The maximum absolute atomic E-state index is 12.9. The fourth-order valence-corrected chi connectivity index (χ4v) is 2.32. The Morgan fingerprint density at radius 3 is 2.48 bits per heavy atom. The van der Waals surface area contributed by atoms with Crippen molar-refractivity contribution in [1.29, 1.82) is 0 Å². The van der Waals surface area contributed by atoms with Crippen molar-refractivity contribution in [2.45, 2.75) is 13.8 Å². The predicted octanol–water partition coefficient (Wildman–Crippen LogP) is 4.63. The molecule has 0 saturated heterocycles. The van der Waals surface area contributed by atoms with Crippen LogP contribution in [-0.2, 0) is 0 Å². The molecule has 0 radical (unpaired) electrons. The van der Waals surface area contributed by atoms with E-state index in [-0.39, 0.29) is 5.82 Å². The quantitative estimate of drug-likeness (QED) is 0.565. The van der Waals surface area contributed by atoms with Crippen molar-refractivity contribution in [3.63, 3.8) is 0 Å². The molecule has 1 N–H and O–H groups in total. The van der Waals surface area contributed by atoms with Gasteiger partial charge in [0.05, 0.1) is 17.0 Å². The van der Waals surface area contributed by atoms with Gasteiger partial charge in [-0.3, -0.25) is 5.43 Å². The molecule has 0 aliphatic heterocycles. The molecule has 0 spiro atoms. The van der Waals surface area contributed by atoms with Gasteiger partial charge in [-0.2, -0.15) is 5.10 Å². The molecule has 0 aliphatic carbocycles. The Morgan fingerprint density at radius 1 is 1.09 bits per heavy atom. The highest BCUT2D eigenvalue weighted by molar-refractivity contribution is 6.04. The molecule has 1 aromatic heterocycles. The molecule has 0 amide bonds. The summed E-state index contributed by atoms with van der Waals surface area (Å²) in [6, 6.07) is 15.8. The van der Waals surface area contributed by atoms with Crippen molar-refractivity contribution in [1.82, 2.24) is 5.16 Å². The van der Waals surface area contributed by atoms with E-state index in [9.17, 15) is 4.39 Å². The van der Waals surface area contributed by atoms with Crippen LogP contribution in [0.4, 0.5) is 10.1 Å². The van der Waals surface area contributed by atoms with Crippen molar-refractivity contribution >= 4 is 11.4 Å². The number of aromatic nitrogens is 1. The lowest BCUT2D eigenvalue weighted by molar-refractivity contribution is 0.399. The van der Waals surface area contributed by atoms with E-state index >= 15 is 0 Å². The minimum Gasteiger partial charge on any atom is -0.360 e. The Kier molecular flexibility index (Phi) is 4.19. The molecule has 4 nitrogen and oxygen atoms in total. The highest BCUT2D eigenvalue weighted by atomic mass is 19.1. The molecule has 3 rings (SSSR count). The Bertz CT molecular complexity index is 823. The first-order chi connectivity index (χ1) is 11.1. The number of aryl methyl sites for hydroxylation is 1. The first-order valence-electron chi connectivity index (χ1n) is 7.23.